The van der Waals surface area contributed by atoms with Crippen LogP contribution in [0.25, 0.3) is 0 Å². The smallest absolute Gasteiger partial charge is 0.122 e. The summed E-state index contributed by atoms with van der Waals surface area (Å²) in [4.78, 5) is 2.51. The summed E-state index contributed by atoms with van der Waals surface area (Å²) in [5.74, 6) is 1.41. The van der Waals surface area contributed by atoms with Crippen LogP contribution in [0.5, 0.6) is 0 Å². The number of nitrogens with zero attached hydrogens (tertiary/aromatic N) is 2. The molecule has 0 spiro atoms. The van der Waals surface area contributed by atoms with Crippen LogP contribution in [0.1, 0.15) is 39.5 Å². The Morgan fingerprint density at radius 3 is 2.53 bits per heavy atom. The van der Waals surface area contributed by atoms with E-state index in [1.165, 1.54) is 25.7 Å². The molecule has 2 fully saturated rings. The van der Waals surface area contributed by atoms with Crippen LogP contribution in [0.15, 0.2) is 0 Å². The molecule has 17 heavy (non-hydrogen) atoms. The first-order chi connectivity index (χ1) is 8.11. The molecule has 1 aliphatic heterocycles. The van der Waals surface area contributed by atoms with E-state index < -0.39 is 0 Å². The largest absolute Gasteiger partial charge is 0.301 e. The summed E-state index contributed by atoms with van der Waals surface area (Å²) < 4.78 is 0. The fraction of sp³-hybridized carbons (Fsp3) is 0.929. The molecule has 0 bridgehead atoms. The van der Waals surface area contributed by atoms with E-state index in [1.54, 1.807) is 0 Å². The molecule has 2 aliphatic rings. The van der Waals surface area contributed by atoms with Crippen LogP contribution in [0.3, 0.4) is 0 Å². The van der Waals surface area contributed by atoms with Crippen LogP contribution in [0.2, 0.25) is 0 Å². The third-order valence-corrected chi connectivity index (χ3v) is 4.65. The minimum absolute atomic E-state index is 0.297. The van der Waals surface area contributed by atoms with Gasteiger partial charge in [-0.25, -0.2) is 0 Å². The third-order valence-electron chi connectivity index (χ3n) is 4.65. The predicted molar refractivity (Wildman–Crippen MR) is 69.6 cm³/mol. The minimum Gasteiger partial charge on any atom is -0.301 e. The van der Waals surface area contributed by atoms with Gasteiger partial charge in [0.1, 0.15) is 5.54 Å². The van der Waals surface area contributed by atoms with Crippen molar-refractivity contribution in [3.05, 3.63) is 0 Å². The van der Waals surface area contributed by atoms with Crippen LogP contribution in [-0.2, 0) is 0 Å². The summed E-state index contributed by atoms with van der Waals surface area (Å²) >= 11 is 0. The second-order valence-electron chi connectivity index (χ2n) is 6.06. The molecule has 3 nitrogen and oxygen atoms in total. The summed E-state index contributed by atoms with van der Waals surface area (Å²) in [6.45, 7) is 6.70. The highest BCUT2D eigenvalue weighted by Gasteiger charge is 2.46. The van der Waals surface area contributed by atoms with Crippen molar-refractivity contribution in [1.29, 1.82) is 5.26 Å². The Balaban J connectivity index is 2.01. The van der Waals surface area contributed by atoms with Gasteiger partial charge in [0, 0.05) is 12.6 Å². The van der Waals surface area contributed by atoms with Crippen molar-refractivity contribution in [2.24, 2.45) is 11.8 Å². The van der Waals surface area contributed by atoms with Gasteiger partial charge in [-0.1, -0.05) is 6.92 Å². The van der Waals surface area contributed by atoms with Crippen LogP contribution < -0.4 is 5.32 Å². The zero-order valence-electron chi connectivity index (χ0n) is 11.4. The van der Waals surface area contributed by atoms with E-state index in [1.807, 2.05) is 7.05 Å². The normalized spacial score (nSPS) is 34.0. The number of piperidine rings is 1. The number of likely N-dealkylation sites (N-methyl/N-ethyl adjacent to an activating group) is 1. The monoisotopic (exact) mass is 235 g/mol. The van der Waals surface area contributed by atoms with E-state index >= 15 is 0 Å². The number of hydrogen-bond donors (Lipinski definition) is 1. The zero-order valence-corrected chi connectivity index (χ0v) is 11.4. The van der Waals surface area contributed by atoms with Crippen LogP contribution >= 0.6 is 0 Å². The SMILES string of the molecule is CNC(C#N)(CN1CCC(C)CC1C)C1CC1. The van der Waals surface area contributed by atoms with E-state index in [0.717, 1.165) is 19.0 Å². The molecule has 1 aliphatic carbocycles. The van der Waals surface area contributed by atoms with Crippen LogP contribution in [0.4, 0.5) is 0 Å². The molecule has 0 aromatic heterocycles. The van der Waals surface area contributed by atoms with Gasteiger partial charge in [-0.2, -0.15) is 5.26 Å². The Hall–Kier alpha value is -0.590. The van der Waals surface area contributed by atoms with Gasteiger partial charge in [0.2, 0.25) is 0 Å². The lowest BCUT2D eigenvalue weighted by Gasteiger charge is -2.41. The maximum absolute atomic E-state index is 9.52. The highest BCUT2D eigenvalue weighted by Crippen LogP contribution is 2.40. The Bertz CT molecular complexity index is 305. The van der Waals surface area contributed by atoms with E-state index in [2.05, 4.69) is 30.1 Å². The molecule has 1 heterocycles. The lowest BCUT2D eigenvalue weighted by atomic mass is 9.89. The van der Waals surface area contributed by atoms with E-state index in [0.29, 0.717) is 12.0 Å². The van der Waals surface area contributed by atoms with Gasteiger partial charge >= 0.3 is 0 Å². The number of rotatable bonds is 4. The Morgan fingerprint density at radius 2 is 2.06 bits per heavy atom. The van der Waals surface area contributed by atoms with E-state index in [4.69, 9.17) is 0 Å². The van der Waals surface area contributed by atoms with Gasteiger partial charge in [-0.15, -0.1) is 0 Å². The van der Waals surface area contributed by atoms with Gasteiger partial charge in [0.15, 0.2) is 0 Å². The maximum Gasteiger partial charge on any atom is 0.122 e. The Kier molecular flexibility index (Phi) is 3.75. The molecule has 96 valence electrons. The van der Waals surface area contributed by atoms with Crippen molar-refractivity contribution in [2.45, 2.75) is 51.1 Å². The van der Waals surface area contributed by atoms with Crippen LogP contribution in [0, 0.1) is 23.2 Å². The molecule has 1 saturated heterocycles. The number of nitriles is 1. The number of hydrogen-bond acceptors (Lipinski definition) is 3. The second kappa shape index (κ2) is 4.96. The first-order valence-electron chi connectivity index (χ1n) is 6.95. The van der Waals surface area contributed by atoms with Gasteiger partial charge in [-0.3, -0.25) is 4.90 Å². The molecule has 1 saturated carbocycles. The fourth-order valence-electron chi connectivity index (χ4n) is 3.18. The van der Waals surface area contributed by atoms with Gasteiger partial charge in [0.05, 0.1) is 6.07 Å². The molecule has 0 amide bonds. The average molecular weight is 235 g/mol. The lowest BCUT2D eigenvalue weighted by molar-refractivity contribution is 0.0990. The average Bonchev–Trinajstić information content (AvgIpc) is 3.13. The van der Waals surface area contributed by atoms with Crippen molar-refractivity contribution in [1.82, 2.24) is 10.2 Å². The van der Waals surface area contributed by atoms with Crippen molar-refractivity contribution >= 4 is 0 Å². The van der Waals surface area contributed by atoms with E-state index in [9.17, 15) is 5.26 Å². The quantitative estimate of drug-likeness (QED) is 0.810. The highest BCUT2D eigenvalue weighted by atomic mass is 15.2. The summed E-state index contributed by atoms with van der Waals surface area (Å²) in [5, 5.41) is 12.8. The molecular weight excluding hydrogens is 210 g/mol. The Labute approximate surface area is 105 Å². The van der Waals surface area contributed by atoms with Gasteiger partial charge in [-0.05, 0) is 58.0 Å². The summed E-state index contributed by atoms with van der Waals surface area (Å²) in [6, 6.07) is 3.18. The van der Waals surface area contributed by atoms with E-state index in [-0.39, 0.29) is 5.54 Å². The second-order valence-corrected chi connectivity index (χ2v) is 6.06. The predicted octanol–water partition coefficient (Wildman–Crippen LogP) is 2.00. The number of nitrogens with one attached hydrogen (secondary N) is 1. The third kappa shape index (κ3) is 2.64. The first kappa shape index (κ1) is 12.9. The highest BCUT2D eigenvalue weighted by molar-refractivity contribution is 5.16. The molecule has 2 rings (SSSR count). The molecule has 0 aromatic carbocycles. The summed E-state index contributed by atoms with van der Waals surface area (Å²) in [7, 11) is 1.94. The van der Waals surface area contributed by atoms with Crippen molar-refractivity contribution in [2.75, 3.05) is 20.1 Å². The van der Waals surface area contributed by atoms with Gasteiger partial charge in [0.25, 0.3) is 0 Å². The van der Waals surface area contributed by atoms with Crippen LogP contribution in [-0.4, -0.2) is 36.6 Å². The summed E-state index contributed by atoms with van der Waals surface area (Å²) in [6.07, 6.45) is 4.98. The van der Waals surface area contributed by atoms with Crippen molar-refractivity contribution in [3.63, 3.8) is 0 Å². The maximum atomic E-state index is 9.52. The lowest BCUT2D eigenvalue weighted by Crippen LogP contribution is -2.56. The van der Waals surface area contributed by atoms with Gasteiger partial charge < -0.3 is 5.32 Å². The Morgan fingerprint density at radius 1 is 1.35 bits per heavy atom. The molecule has 3 heteroatoms. The van der Waals surface area contributed by atoms with Crippen molar-refractivity contribution in [3.8, 4) is 6.07 Å². The minimum atomic E-state index is -0.297. The molecule has 0 radical (unpaired) electrons. The molecular formula is C14H25N3. The standard InChI is InChI=1S/C14H25N3/c1-11-6-7-17(12(2)8-11)10-14(9-15,16-3)13-4-5-13/h11-13,16H,4-8,10H2,1-3H3. The molecule has 3 unspecified atom stereocenters. The molecule has 3 atom stereocenters. The number of likely N-dealkylation sites (tertiary alicyclic amines) is 1. The zero-order chi connectivity index (χ0) is 12.5. The molecule has 1 N–H and O–H groups in total. The molecule has 0 aromatic rings. The topological polar surface area (TPSA) is 39.1 Å². The summed E-state index contributed by atoms with van der Waals surface area (Å²) in [5.41, 5.74) is -0.297. The fourth-order valence-corrected chi connectivity index (χ4v) is 3.18. The first-order valence-corrected chi connectivity index (χ1v) is 6.95. The van der Waals surface area contributed by atoms with Crippen molar-refractivity contribution < 1.29 is 0 Å².